The average molecular weight is 382 g/mol. The molecule has 0 aromatic heterocycles. The first-order valence-electron chi connectivity index (χ1n) is 9.27. The lowest BCUT2D eigenvalue weighted by atomic mass is 9.79. The minimum Gasteiger partial charge on any atom is -0.307 e. The first kappa shape index (κ1) is 21.8. The van der Waals surface area contributed by atoms with Crippen molar-refractivity contribution in [2.75, 3.05) is 0 Å². The summed E-state index contributed by atoms with van der Waals surface area (Å²) in [5.74, 6) is 26.3. The van der Waals surface area contributed by atoms with Crippen molar-refractivity contribution in [1.82, 2.24) is 10.2 Å². The van der Waals surface area contributed by atoms with E-state index in [2.05, 4.69) is 98.1 Å². The second kappa shape index (κ2) is 9.10. The first-order valence-corrected chi connectivity index (χ1v) is 9.27. The van der Waals surface area contributed by atoms with E-state index < -0.39 is 5.92 Å². The maximum Gasteiger partial charge on any atom is 0.245 e. The molecule has 0 aromatic rings. The van der Waals surface area contributed by atoms with Gasteiger partial charge in [0.15, 0.2) is 0 Å². The van der Waals surface area contributed by atoms with Crippen LogP contribution in [0.4, 0.5) is 0 Å². The molecular formula is C25H22N2O2. The van der Waals surface area contributed by atoms with Crippen LogP contribution in [0.5, 0.6) is 0 Å². The Balaban J connectivity index is 2.05. The highest BCUT2D eigenvalue weighted by atomic mass is 16.2. The summed E-state index contributed by atoms with van der Waals surface area (Å²) in [6.45, 7) is 8.36. The lowest BCUT2D eigenvalue weighted by Gasteiger charge is -2.48. The molecule has 0 aliphatic carbocycles. The normalized spacial score (nSPS) is 21.3. The lowest BCUT2D eigenvalue weighted by Crippen LogP contribution is -2.62. The van der Waals surface area contributed by atoms with Gasteiger partial charge in [-0.2, -0.15) is 0 Å². The fourth-order valence-electron chi connectivity index (χ4n) is 3.98. The van der Waals surface area contributed by atoms with Crippen LogP contribution in [0.15, 0.2) is 0 Å². The Bertz CT molecular complexity index is 1040. The summed E-state index contributed by atoms with van der Waals surface area (Å²) < 4.78 is 0. The molecule has 4 nitrogen and oxygen atoms in total. The number of carbonyl (C=O) groups is 2. The number of hydrogen-bond acceptors (Lipinski definition) is 3. The van der Waals surface area contributed by atoms with Crippen LogP contribution in [-0.2, 0) is 9.59 Å². The van der Waals surface area contributed by atoms with Gasteiger partial charge in [0.25, 0.3) is 0 Å². The topological polar surface area (TPSA) is 49.4 Å². The summed E-state index contributed by atoms with van der Waals surface area (Å²) in [5.41, 5.74) is -0.313. The van der Waals surface area contributed by atoms with Gasteiger partial charge in [-0.3, -0.25) is 14.5 Å². The van der Waals surface area contributed by atoms with Crippen LogP contribution in [-0.4, -0.2) is 33.8 Å². The molecule has 0 aromatic carbocycles. The maximum atomic E-state index is 12.8. The van der Waals surface area contributed by atoms with Gasteiger partial charge in [0.05, 0.1) is 0 Å². The maximum absolute atomic E-state index is 12.8. The van der Waals surface area contributed by atoms with E-state index >= 15 is 0 Å². The van der Waals surface area contributed by atoms with Crippen molar-refractivity contribution in [2.24, 2.45) is 5.92 Å². The molecule has 1 atom stereocenters. The van der Waals surface area contributed by atoms with Crippen LogP contribution in [0.25, 0.3) is 0 Å². The molecule has 1 unspecified atom stereocenters. The lowest BCUT2D eigenvalue weighted by molar-refractivity contribution is -0.143. The predicted molar refractivity (Wildman–Crippen MR) is 112 cm³/mol. The summed E-state index contributed by atoms with van der Waals surface area (Å²) in [7, 11) is 0. The second-order valence-electron chi connectivity index (χ2n) is 8.23. The fraction of sp³-hybridized carbons (Fsp3) is 0.440. The zero-order valence-electron chi connectivity index (χ0n) is 17.1. The number of nitrogens with zero attached hydrogens (tertiary/aromatic N) is 1. The standard InChI is InChI=1S/C25H22N2O2/c1-6-7-8-9-10-11-12-13-14-15-16-20-17-22(28)27(23(20)29)21-18-24(2,3)26-25(4,5)19-21/h1,20-21,26H,17-19H2,2-5H3. The fourth-order valence-corrected chi connectivity index (χ4v) is 3.98. The van der Waals surface area contributed by atoms with E-state index in [1.807, 2.05) is 0 Å². The Morgan fingerprint density at radius 1 is 0.862 bits per heavy atom. The van der Waals surface area contributed by atoms with Gasteiger partial charge in [0.2, 0.25) is 11.8 Å². The van der Waals surface area contributed by atoms with E-state index in [0.717, 1.165) is 12.8 Å². The van der Waals surface area contributed by atoms with Gasteiger partial charge in [-0.15, -0.1) is 6.42 Å². The molecule has 2 fully saturated rings. The van der Waals surface area contributed by atoms with E-state index in [1.165, 1.54) is 4.90 Å². The molecule has 0 spiro atoms. The molecule has 2 heterocycles. The van der Waals surface area contributed by atoms with Gasteiger partial charge in [-0.05, 0) is 99.7 Å². The van der Waals surface area contributed by atoms with Crippen molar-refractivity contribution in [2.45, 2.75) is 64.1 Å². The summed E-state index contributed by atoms with van der Waals surface area (Å²) in [6.07, 6.45) is 6.49. The third-order valence-corrected chi connectivity index (χ3v) is 4.54. The molecule has 2 aliphatic heterocycles. The Morgan fingerprint density at radius 3 is 1.86 bits per heavy atom. The largest absolute Gasteiger partial charge is 0.307 e. The average Bonchev–Trinajstić information content (AvgIpc) is 2.87. The number of terminal acetylenes is 1. The van der Waals surface area contributed by atoms with Crippen LogP contribution >= 0.6 is 0 Å². The first-order chi connectivity index (χ1) is 13.7. The number of hydrogen-bond donors (Lipinski definition) is 1. The van der Waals surface area contributed by atoms with Crippen molar-refractivity contribution >= 4 is 11.8 Å². The predicted octanol–water partition coefficient (Wildman–Crippen LogP) is 1.32. The second-order valence-corrected chi connectivity index (χ2v) is 8.23. The molecule has 144 valence electrons. The zero-order valence-corrected chi connectivity index (χ0v) is 17.1. The van der Waals surface area contributed by atoms with E-state index in [9.17, 15) is 9.59 Å². The number of nitrogens with one attached hydrogen (secondary N) is 1. The number of likely N-dealkylation sites (tertiary alicyclic amines) is 1. The van der Waals surface area contributed by atoms with Crippen molar-refractivity contribution in [1.29, 1.82) is 0 Å². The number of carbonyl (C=O) groups excluding carboxylic acids is 2. The monoisotopic (exact) mass is 382 g/mol. The molecule has 2 rings (SSSR count). The van der Waals surface area contributed by atoms with Crippen LogP contribution < -0.4 is 5.32 Å². The molecule has 0 radical (unpaired) electrons. The SMILES string of the molecule is C#CC#CC#CC#CC#CC#CC1CC(=O)N(C2CC(C)(C)NC(C)(C)C2)C1=O. The van der Waals surface area contributed by atoms with Gasteiger partial charge in [-0.1, -0.05) is 5.92 Å². The highest BCUT2D eigenvalue weighted by molar-refractivity contribution is 6.05. The molecule has 0 bridgehead atoms. The summed E-state index contributed by atoms with van der Waals surface area (Å²) in [6, 6.07) is -0.124. The van der Waals surface area contributed by atoms with Crippen molar-refractivity contribution in [3.8, 4) is 71.5 Å². The van der Waals surface area contributed by atoms with Gasteiger partial charge >= 0.3 is 0 Å². The van der Waals surface area contributed by atoms with Crippen LogP contribution in [0.2, 0.25) is 0 Å². The van der Waals surface area contributed by atoms with Gasteiger partial charge in [0.1, 0.15) is 5.92 Å². The minimum atomic E-state index is -0.648. The van der Waals surface area contributed by atoms with Gasteiger partial charge in [0, 0.05) is 23.5 Å². The quantitative estimate of drug-likeness (QED) is 0.550. The number of rotatable bonds is 1. The molecule has 29 heavy (non-hydrogen) atoms. The van der Waals surface area contributed by atoms with Crippen LogP contribution in [0.3, 0.4) is 0 Å². The summed E-state index contributed by atoms with van der Waals surface area (Å²) >= 11 is 0. The molecule has 1 N–H and O–H groups in total. The molecule has 2 aliphatic rings. The summed E-state index contributed by atoms with van der Waals surface area (Å²) in [5, 5.41) is 3.57. The van der Waals surface area contributed by atoms with Crippen LogP contribution in [0, 0.1) is 77.5 Å². The smallest absolute Gasteiger partial charge is 0.245 e. The van der Waals surface area contributed by atoms with E-state index in [1.54, 1.807) is 0 Å². The molecule has 2 saturated heterocycles. The Hall–Kier alpha value is -3.54. The van der Waals surface area contributed by atoms with E-state index in [0.29, 0.717) is 0 Å². The van der Waals surface area contributed by atoms with Gasteiger partial charge in [-0.25, -0.2) is 0 Å². The Kier molecular flexibility index (Phi) is 6.83. The number of piperidine rings is 1. The van der Waals surface area contributed by atoms with Crippen LogP contribution in [0.1, 0.15) is 47.0 Å². The third-order valence-electron chi connectivity index (χ3n) is 4.54. The highest BCUT2D eigenvalue weighted by Crippen LogP contribution is 2.34. The van der Waals surface area contributed by atoms with Crippen molar-refractivity contribution in [3.05, 3.63) is 0 Å². The highest BCUT2D eigenvalue weighted by Gasteiger charge is 2.47. The zero-order chi connectivity index (χ0) is 21.5. The molecular weight excluding hydrogens is 360 g/mol. The molecule has 4 heteroatoms. The van der Waals surface area contributed by atoms with Crippen molar-refractivity contribution in [3.63, 3.8) is 0 Å². The Labute approximate surface area is 173 Å². The van der Waals surface area contributed by atoms with Gasteiger partial charge < -0.3 is 5.32 Å². The Morgan fingerprint density at radius 2 is 1.34 bits per heavy atom. The van der Waals surface area contributed by atoms with E-state index in [-0.39, 0.29) is 35.4 Å². The van der Waals surface area contributed by atoms with E-state index in [4.69, 9.17) is 6.42 Å². The molecule has 0 saturated carbocycles. The number of imide groups is 1. The molecule has 2 amide bonds. The van der Waals surface area contributed by atoms with Crippen molar-refractivity contribution < 1.29 is 9.59 Å². The minimum absolute atomic E-state index is 0.100. The number of amides is 2. The third kappa shape index (κ3) is 6.24. The summed E-state index contributed by atoms with van der Waals surface area (Å²) in [4.78, 5) is 26.7.